The maximum absolute atomic E-state index is 12.0. The van der Waals surface area contributed by atoms with Crippen molar-refractivity contribution in [3.8, 4) is 0 Å². The lowest BCUT2D eigenvalue weighted by Gasteiger charge is -2.49. The average Bonchev–Trinajstić information content (AvgIpc) is 3.82. The molecule has 1 aromatic heterocycles. The van der Waals surface area contributed by atoms with Crippen molar-refractivity contribution in [3.05, 3.63) is 47.2 Å². The lowest BCUT2D eigenvalue weighted by molar-refractivity contribution is -0.110. The summed E-state index contributed by atoms with van der Waals surface area (Å²) in [5.41, 5.74) is 4.81. The summed E-state index contributed by atoms with van der Waals surface area (Å²) in [6.45, 7) is 9.76. The third kappa shape index (κ3) is 5.18. The van der Waals surface area contributed by atoms with Crippen molar-refractivity contribution in [2.24, 2.45) is 40.9 Å². The SMILES string of the molecule is C[C@@H]1C[C@H]2[C@@H]3CCC4=CC(=O)C=CC4C3=CC[C@]2(C)[C@H]1CCC1CCC(c2cc(N3CCCC3)nc(N3CCCC3)n2)CC1. The minimum Gasteiger partial charge on any atom is -0.356 e. The predicted molar refractivity (Wildman–Crippen MR) is 179 cm³/mol. The highest BCUT2D eigenvalue weighted by atomic mass is 16.1. The smallest absolute Gasteiger partial charge is 0.227 e. The summed E-state index contributed by atoms with van der Waals surface area (Å²) in [7, 11) is 0. The molecule has 2 saturated heterocycles. The van der Waals surface area contributed by atoms with E-state index in [0.717, 1.165) is 68.1 Å². The van der Waals surface area contributed by atoms with Gasteiger partial charge >= 0.3 is 0 Å². The Labute approximate surface area is 265 Å². The van der Waals surface area contributed by atoms with Crippen LogP contribution in [0.3, 0.4) is 0 Å². The van der Waals surface area contributed by atoms with Crippen molar-refractivity contribution in [1.82, 2.24) is 9.97 Å². The molecule has 5 heteroatoms. The van der Waals surface area contributed by atoms with Crippen molar-refractivity contribution in [2.75, 3.05) is 36.0 Å². The number of fused-ring (bicyclic) bond motifs is 5. The van der Waals surface area contributed by atoms with Crippen LogP contribution in [0.4, 0.5) is 11.8 Å². The monoisotopic (exact) mass is 594 g/mol. The quantitative estimate of drug-likeness (QED) is 0.309. The zero-order chi connectivity index (χ0) is 29.8. The van der Waals surface area contributed by atoms with Gasteiger partial charge in [-0.25, -0.2) is 4.98 Å². The van der Waals surface area contributed by atoms with Gasteiger partial charge < -0.3 is 9.80 Å². The third-order valence-electron chi connectivity index (χ3n) is 13.7. The van der Waals surface area contributed by atoms with Gasteiger partial charge in [0.2, 0.25) is 5.95 Å². The van der Waals surface area contributed by atoms with Crippen LogP contribution in [-0.4, -0.2) is 41.9 Å². The Morgan fingerprint density at radius 1 is 0.932 bits per heavy atom. The van der Waals surface area contributed by atoms with E-state index in [0.29, 0.717) is 17.3 Å². The molecule has 44 heavy (non-hydrogen) atoms. The highest BCUT2D eigenvalue weighted by Crippen LogP contribution is 2.64. The van der Waals surface area contributed by atoms with Crippen LogP contribution in [0.1, 0.15) is 115 Å². The first-order valence-electron chi connectivity index (χ1n) is 18.5. The van der Waals surface area contributed by atoms with Gasteiger partial charge in [0.25, 0.3) is 0 Å². The molecular weight excluding hydrogens is 540 g/mol. The highest BCUT2D eigenvalue weighted by Gasteiger charge is 2.55. The fourth-order valence-corrected chi connectivity index (χ4v) is 11.2. The van der Waals surface area contributed by atoms with Gasteiger partial charge in [0.1, 0.15) is 5.82 Å². The maximum Gasteiger partial charge on any atom is 0.227 e. The molecule has 1 unspecified atom stereocenters. The standard InChI is InChI=1S/C39H54N4O/c1-26-23-35-33-14-12-29-24-30(44)13-15-31(29)32(33)17-18-39(35,2)34(26)16-9-27-7-10-28(11-8-27)36-25-37(42-19-3-4-20-42)41-38(40-36)43-21-5-6-22-43/h13,15,17,24-28,31,33-35H,3-12,14,16,18-23H2,1-2H3/t26-,27?,28?,31?,33-,34+,35+,39-/m1/s1. The molecule has 3 heterocycles. The molecule has 236 valence electrons. The van der Waals surface area contributed by atoms with Crippen LogP contribution in [0.15, 0.2) is 41.5 Å². The van der Waals surface area contributed by atoms with Crippen molar-refractivity contribution < 1.29 is 4.79 Å². The van der Waals surface area contributed by atoms with E-state index in [2.05, 4.69) is 41.9 Å². The van der Waals surface area contributed by atoms with Crippen LogP contribution in [0.2, 0.25) is 0 Å². The number of rotatable bonds is 6. The molecule has 0 N–H and O–H groups in total. The van der Waals surface area contributed by atoms with E-state index in [9.17, 15) is 4.79 Å². The van der Waals surface area contributed by atoms with Crippen molar-refractivity contribution in [3.63, 3.8) is 0 Å². The molecular formula is C39H54N4O. The van der Waals surface area contributed by atoms with Gasteiger partial charge in [-0.2, -0.15) is 4.98 Å². The van der Waals surface area contributed by atoms with E-state index in [4.69, 9.17) is 9.97 Å². The van der Waals surface area contributed by atoms with E-state index in [1.807, 2.05) is 12.2 Å². The molecule has 5 aliphatic carbocycles. The number of aromatic nitrogens is 2. The van der Waals surface area contributed by atoms with Gasteiger partial charge in [-0.1, -0.05) is 43.6 Å². The summed E-state index contributed by atoms with van der Waals surface area (Å²) in [4.78, 5) is 27.3. The highest BCUT2D eigenvalue weighted by molar-refractivity contribution is 6.01. The number of hydrogen-bond donors (Lipinski definition) is 0. The van der Waals surface area contributed by atoms with Gasteiger partial charge in [-0.15, -0.1) is 0 Å². The van der Waals surface area contributed by atoms with E-state index in [1.165, 1.54) is 101 Å². The summed E-state index contributed by atoms with van der Waals surface area (Å²) in [5.74, 6) is 7.48. The van der Waals surface area contributed by atoms with Crippen molar-refractivity contribution in [1.29, 1.82) is 0 Å². The van der Waals surface area contributed by atoms with Gasteiger partial charge in [0.05, 0.1) is 5.69 Å². The molecule has 0 aromatic carbocycles. The second kappa shape index (κ2) is 11.7. The summed E-state index contributed by atoms with van der Waals surface area (Å²) in [6.07, 6.45) is 26.9. The lowest BCUT2D eigenvalue weighted by Crippen LogP contribution is -2.40. The second-order valence-electron chi connectivity index (χ2n) is 16.1. The Balaban J connectivity index is 0.914. The molecule has 0 spiro atoms. The number of anilines is 2. The Bertz CT molecular complexity index is 1310. The fourth-order valence-electron chi connectivity index (χ4n) is 11.2. The predicted octanol–water partition coefficient (Wildman–Crippen LogP) is 8.43. The Morgan fingerprint density at radius 2 is 1.68 bits per heavy atom. The van der Waals surface area contributed by atoms with Crippen LogP contribution in [0.25, 0.3) is 0 Å². The number of allylic oxidation sites excluding steroid dienone is 6. The number of ketones is 1. The summed E-state index contributed by atoms with van der Waals surface area (Å²) in [6, 6.07) is 2.37. The Hall–Kier alpha value is -2.43. The topological polar surface area (TPSA) is 49.3 Å². The molecule has 0 amide bonds. The van der Waals surface area contributed by atoms with Crippen molar-refractivity contribution in [2.45, 2.75) is 110 Å². The van der Waals surface area contributed by atoms with Gasteiger partial charge in [0, 0.05) is 44.1 Å². The Morgan fingerprint density at radius 3 is 2.45 bits per heavy atom. The molecule has 3 saturated carbocycles. The van der Waals surface area contributed by atoms with E-state index in [1.54, 1.807) is 5.57 Å². The molecule has 5 fully saturated rings. The minimum atomic E-state index is 0.190. The zero-order valence-electron chi connectivity index (χ0n) is 27.4. The zero-order valence-corrected chi connectivity index (χ0v) is 27.4. The molecule has 0 radical (unpaired) electrons. The summed E-state index contributed by atoms with van der Waals surface area (Å²) >= 11 is 0. The number of hydrogen-bond acceptors (Lipinski definition) is 5. The minimum absolute atomic E-state index is 0.190. The molecule has 5 nitrogen and oxygen atoms in total. The summed E-state index contributed by atoms with van der Waals surface area (Å²) < 4.78 is 0. The van der Waals surface area contributed by atoms with E-state index >= 15 is 0 Å². The first-order valence-corrected chi connectivity index (χ1v) is 18.5. The average molecular weight is 595 g/mol. The molecule has 6 atom stereocenters. The molecule has 2 aliphatic heterocycles. The van der Waals surface area contributed by atoms with Gasteiger partial charge in [-0.3, -0.25) is 4.79 Å². The third-order valence-corrected chi connectivity index (χ3v) is 13.7. The van der Waals surface area contributed by atoms with Crippen molar-refractivity contribution >= 4 is 17.5 Å². The summed E-state index contributed by atoms with van der Waals surface area (Å²) in [5, 5.41) is 0. The van der Waals surface area contributed by atoms with Gasteiger partial charge in [0.15, 0.2) is 5.78 Å². The van der Waals surface area contributed by atoms with Crippen LogP contribution >= 0.6 is 0 Å². The van der Waals surface area contributed by atoms with Crippen LogP contribution in [0, 0.1) is 40.9 Å². The van der Waals surface area contributed by atoms with Crippen LogP contribution in [-0.2, 0) is 4.79 Å². The molecule has 8 rings (SSSR count). The lowest BCUT2D eigenvalue weighted by atomic mass is 9.55. The molecule has 7 aliphatic rings. The number of carbonyl (C=O) groups excluding carboxylic acids is 1. The first-order chi connectivity index (χ1) is 21.5. The van der Waals surface area contributed by atoms with Crippen LogP contribution in [0.5, 0.6) is 0 Å². The number of nitrogens with zero attached hydrogens (tertiary/aromatic N) is 4. The fraction of sp³-hybridized carbons (Fsp3) is 0.718. The molecule has 1 aromatic rings. The van der Waals surface area contributed by atoms with Crippen LogP contribution < -0.4 is 9.80 Å². The van der Waals surface area contributed by atoms with E-state index in [-0.39, 0.29) is 5.78 Å². The first kappa shape index (κ1) is 29.0. The second-order valence-corrected chi connectivity index (χ2v) is 16.1. The normalized spacial score (nSPS) is 38.3. The number of carbonyl (C=O) groups is 1. The van der Waals surface area contributed by atoms with Gasteiger partial charge in [-0.05, 0) is 131 Å². The molecule has 0 bridgehead atoms. The largest absolute Gasteiger partial charge is 0.356 e. The Kier molecular flexibility index (Phi) is 7.74. The van der Waals surface area contributed by atoms with E-state index < -0.39 is 0 Å². The maximum atomic E-state index is 12.0.